The van der Waals surface area contributed by atoms with Gasteiger partial charge in [-0.2, -0.15) is 0 Å². The monoisotopic (exact) mass is 352 g/mol. The van der Waals surface area contributed by atoms with Gasteiger partial charge < -0.3 is 0 Å². The summed E-state index contributed by atoms with van der Waals surface area (Å²) in [6, 6.07) is 0. The summed E-state index contributed by atoms with van der Waals surface area (Å²) in [6.07, 6.45) is 0.623. The van der Waals surface area contributed by atoms with E-state index in [-0.39, 0.29) is 18.6 Å². The highest BCUT2D eigenvalue weighted by Gasteiger charge is 2.31. The Balaban J connectivity index is 4.05. The Hall–Kier alpha value is 0.880. The Morgan fingerprint density at radius 2 is 1.85 bits per heavy atom. The molecule has 0 aliphatic rings. The van der Waals surface area contributed by atoms with Gasteiger partial charge in [-0.15, -0.1) is 0 Å². The van der Waals surface area contributed by atoms with Gasteiger partial charge in [-0.3, -0.25) is 9.59 Å². The largest absolute Gasteiger partial charge is 0.297 e. The molecule has 0 aliphatic heterocycles. The second-order valence-electron chi connectivity index (χ2n) is 2.42. The van der Waals surface area contributed by atoms with Gasteiger partial charge in [-0.25, -0.2) is 0 Å². The van der Waals surface area contributed by atoms with Crippen molar-refractivity contribution in [3.63, 3.8) is 0 Å². The predicted molar refractivity (Wildman–Crippen MR) is 61.0 cm³/mol. The summed E-state index contributed by atoms with van der Waals surface area (Å²) in [5.41, 5.74) is 0. The highest BCUT2D eigenvalue weighted by molar-refractivity contribution is 9.10. The number of carbonyl (C=O) groups excluding carboxylic acids is 2. The van der Waals surface area contributed by atoms with Gasteiger partial charge in [0, 0.05) is 18.2 Å². The van der Waals surface area contributed by atoms with E-state index in [1.807, 2.05) is 0 Å². The molecule has 6 heteroatoms. The number of Topliss-reactive ketones (excluding diaryl/α,β-unsaturated/α-hetero) is 1. The van der Waals surface area contributed by atoms with Crippen LogP contribution < -0.4 is 0 Å². The number of hydrogen-bond donors (Lipinski definition) is 0. The molecule has 13 heavy (non-hydrogen) atoms. The zero-order chi connectivity index (χ0) is 10.5. The van der Waals surface area contributed by atoms with E-state index in [4.69, 9.17) is 23.2 Å². The third-order valence-electron chi connectivity index (χ3n) is 1.37. The highest BCUT2D eigenvalue weighted by atomic mass is 79.9. The predicted octanol–water partition coefficient (Wildman–Crippen LogP) is 3.22. The first-order valence-corrected chi connectivity index (χ1v) is 6.22. The van der Waals surface area contributed by atoms with Crippen molar-refractivity contribution in [3.8, 4) is 0 Å². The molecule has 0 bridgehead atoms. The van der Waals surface area contributed by atoms with Crippen LogP contribution in [-0.2, 0) is 9.59 Å². The lowest BCUT2D eigenvalue weighted by Crippen LogP contribution is -2.26. The number of halogens is 4. The zero-order valence-electron chi connectivity index (χ0n) is 6.66. The summed E-state index contributed by atoms with van der Waals surface area (Å²) in [5.74, 6) is -0.149. The minimum absolute atomic E-state index is 0.0876. The van der Waals surface area contributed by atoms with Crippen molar-refractivity contribution in [1.29, 1.82) is 0 Å². The van der Waals surface area contributed by atoms with E-state index in [1.54, 1.807) is 0 Å². The second kappa shape index (κ2) is 6.38. The molecule has 0 radical (unpaired) electrons. The Morgan fingerprint density at radius 1 is 1.31 bits per heavy atom. The van der Waals surface area contributed by atoms with Gasteiger partial charge in [0.05, 0.1) is 0 Å². The quantitative estimate of drug-likeness (QED) is 0.542. The first-order chi connectivity index (χ1) is 5.90. The maximum absolute atomic E-state index is 11.3. The smallest absolute Gasteiger partial charge is 0.221 e. The molecule has 2 nitrogen and oxygen atoms in total. The lowest BCUT2D eigenvalue weighted by Gasteiger charge is -2.16. The molecular formula is C7H8Br2Cl2O2. The van der Waals surface area contributed by atoms with Gasteiger partial charge >= 0.3 is 0 Å². The Kier molecular flexibility index (Phi) is 6.81. The molecule has 0 aromatic carbocycles. The highest BCUT2D eigenvalue weighted by Crippen LogP contribution is 2.32. The number of alkyl halides is 3. The standard InChI is InChI=1S/C7H8Br2Cl2O2/c8-4-2-5(12)7(9,11)3-1-6(10)13/h1-4H2. The number of hydrogen-bond acceptors (Lipinski definition) is 2. The normalized spacial score (nSPS) is 15.1. The molecular weight excluding hydrogens is 347 g/mol. The zero-order valence-corrected chi connectivity index (χ0v) is 11.3. The first-order valence-electron chi connectivity index (χ1n) is 3.55. The molecule has 0 spiro atoms. The second-order valence-corrected chi connectivity index (χ2v) is 6.09. The molecule has 0 N–H and O–H groups in total. The van der Waals surface area contributed by atoms with E-state index in [1.165, 1.54) is 0 Å². The van der Waals surface area contributed by atoms with Gasteiger partial charge in [0.1, 0.15) is 0 Å². The number of ketones is 1. The molecule has 0 aliphatic carbocycles. The molecule has 0 saturated carbocycles. The van der Waals surface area contributed by atoms with Crippen LogP contribution in [-0.4, -0.2) is 20.1 Å². The van der Waals surface area contributed by atoms with Gasteiger partial charge in [0.2, 0.25) is 5.24 Å². The average Bonchev–Trinajstić information content (AvgIpc) is 2.01. The summed E-state index contributed by atoms with van der Waals surface area (Å²) in [5, 5.41) is 0.0666. The van der Waals surface area contributed by atoms with Crippen LogP contribution in [0.5, 0.6) is 0 Å². The van der Waals surface area contributed by atoms with Crippen molar-refractivity contribution < 1.29 is 9.59 Å². The maximum Gasteiger partial charge on any atom is 0.221 e. The average molecular weight is 355 g/mol. The lowest BCUT2D eigenvalue weighted by atomic mass is 10.1. The van der Waals surface area contributed by atoms with Crippen LogP contribution >= 0.6 is 55.1 Å². The Labute approximate surface area is 104 Å². The van der Waals surface area contributed by atoms with E-state index in [9.17, 15) is 9.59 Å². The minimum atomic E-state index is -1.15. The van der Waals surface area contributed by atoms with Crippen LogP contribution in [0.25, 0.3) is 0 Å². The van der Waals surface area contributed by atoms with Crippen LogP contribution in [0, 0.1) is 0 Å². The van der Waals surface area contributed by atoms with Crippen molar-refractivity contribution in [3.05, 3.63) is 0 Å². The van der Waals surface area contributed by atoms with E-state index in [0.29, 0.717) is 11.8 Å². The molecule has 0 fully saturated rings. The van der Waals surface area contributed by atoms with Crippen molar-refractivity contribution in [2.45, 2.75) is 23.0 Å². The molecule has 0 amide bonds. The van der Waals surface area contributed by atoms with Crippen LogP contribution in [0.4, 0.5) is 0 Å². The molecule has 1 atom stereocenters. The van der Waals surface area contributed by atoms with Crippen molar-refractivity contribution in [1.82, 2.24) is 0 Å². The molecule has 0 rings (SSSR count). The summed E-state index contributed by atoms with van der Waals surface area (Å²) < 4.78 is -1.15. The summed E-state index contributed by atoms with van der Waals surface area (Å²) >= 11 is 17.2. The van der Waals surface area contributed by atoms with E-state index in [0.717, 1.165) is 0 Å². The third-order valence-corrected chi connectivity index (χ3v) is 3.19. The Bertz CT molecular complexity index is 207. The molecule has 76 valence electrons. The third kappa shape index (κ3) is 6.05. The fraction of sp³-hybridized carbons (Fsp3) is 0.714. The van der Waals surface area contributed by atoms with Gasteiger partial charge in [-0.1, -0.05) is 43.5 Å². The van der Waals surface area contributed by atoms with E-state index < -0.39 is 9.03 Å². The van der Waals surface area contributed by atoms with Crippen molar-refractivity contribution in [2.75, 3.05) is 5.33 Å². The maximum atomic E-state index is 11.3. The van der Waals surface area contributed by atoms with E-state index >= 15 is 0 Å². The summed E-state index contributed by atoms with van der Waals surface area (Å²) in [7, 11) is 0. The SMILES string of the molecule is O=C(Cl)CCC(Cl)(Br)C(=O)CCBr. The molecule has 0 aromatic rings. The van der Waals surface area contributed by atoms with Crippen LogP contribution in [0.1, 0.15) is 19.3 Å². The van der Waals surface area contributed by atoms with E-state index in [2.05, 4.69) is 31.9 Å². The Morgan fingerprint density at radius 3 is 2.23 bits per heavy atom. The van der Waals surface area contributed by atoms with Crippen LogP contribution in [0.2, 0.25) is 0 Å². The minimum Gasteiger partial charge on any atom is -0.297 e. The fourth-order valence-electron chi connectivity index (χ4n) is 0.663. The summed E-state index contributed by atoms with van der Waals surface area (Å²) in [6.45, 7) is 0. The number of carbonyl (C=O) groups is 2. The molecule has 0 aromatic heterocycles. The number of rotatable bonds is 6. The molecule has 0 heterocycles. The van der Waals surface area contributed by atoms with Gasteiger partial charge in [0.25, 0.3) is 0 Å². The van der Waals surface area contributed by atoms with Crippen molar-refractivity contribution in [2.24, 2.45) is 0 Å². The van der Waals surface area contributed by atoms with Crippen LogP contribution in [0.3, 0.4) is 0 Å². The van der Waals surface area contributed by atoms with Gasteiger partial charge in [-0.05, 0) is 18.0 Å². The topological polar surface area (TPSA) is 34.1 Å². The van der Waals surface area contributed by atoms with Crippen LogP contribution in [0.15, 0.2) is 0 Å². The van der Waals surface area contributed by atoms with Gasteiger partial charge in [0.15, 0.2) is 9.57 Å². The lowest BCUT2D eigenvalue weighted by molar-refractivity contribution is -0.119. The van der Waals surface area contributed by atoms with Crippen molar-refractivity contribution >= 4 is 66.1 Å². The summed E-state index contributed by atoms with van der Waals surface area (Å²) in [4.78, 5) is 21.8. The first kappa shape index (κ1) is 13.9. The molecule has 0 saturated heterocycles. The fourth-order valence-corrected chi connectivity index (χ4v) is 1.70. The molecule has 1 unspecified atom stereocenters.